The standard InChI is InChI=1S/C21H25N3O3/c1-5-15-7-8-17(18(10-15)27-13-26-6-2)20-14(3)9-19(23-24-20)22-16-11-21(4,25)12-16/h1,7-10,16,25H,6,11-13H2,2-4H3,(H,22,23). The van der Waals surface area contributed by atoms with Crippen LogP contribution in [0.15, 0.2) is 24.3 Å². The molecule has 0 saturated heterocycles. The molecule has 1 aromatic carbocycles. The maximum atomic E-state index is 9.86. The van der Waals surface area contributed by atoms with E-state index >= 15 is 0 Å². The Kier molecular flexibility index (Phi) is 5.64. The van der Waals surface area contributed by atoms with Gasteiger partial charge < -0.3 is 19.9 Å². The molecule has 1 heterocycles. The normalized spacial score (nSPS) is 21.2. The zero-order valence-corrected chi connectivity index (χ0v) is 16.0. The lowest BCUT2D eigenvalue weighted by molar-refractivity contribution is -0.0235. The Balaban J connectivity index is 1.82. The Morgan fingerprint density at radius 1 is 1.33 bits per heavy atom. The van der Waals surface area contributed by atoms with Crippen molar-refractivity contribution in [2.24, 2.45) is 0 Å². The van der Waals surface area contributed by atoms with E-state index in [9.17, 15) is 5.11 Å². The molecule has 27 heavy (non-hydrogen) atoms. The Bertz CT molecular complexity index is 850. The summed E-state index contributed by atoms with van der Waals surface area (Å²) in [5.41, 5.74) is 2.67. The van der Waals surface area contributed by atoms with Crippen molar-refractivity contribution in [2.45, 2.75) is 45.3 Å². The Labute approximate surface area is 159 Å². The van der Waals surface area contributed by atoms with E-state index in [-0.39, 0.29) is 12.8 Å². The molecule has 0 spiro atoms. The number of nitrogens with zero attached hydrogens (tertiary/aromatic N) is 2. The number of benzene rings is 1. The van der Waals surface area contributed by atoms with Crippen LogP contribution in [0.5, 0.6) is 5.75 Å². The van der Waals surface area contributed by atoms with Crippen LogP contribution in [0, 0.1) is 19.3 Å². The van der Waals surface area contributed by atoms with Gasteiger partial charge in [0.1, 0.15) is 11.6 Å². The third-order valence-electron chi connectivity index (χ3n) is 4.61. The maximum Gasteiger partial charge on any atom is 0.189 e. The maximum absolute atomic E-state index is 9.86. The van der Waals surface area contributed by atoms with Gasteiger partial charge in [0.15, 0.2) is 6.79 Å². The highest BCUT2D eigenvalue weighted by molar-refractivity contribution is 5.71. The van der Waals surface area contributed by atoms with Gasteiger partial charge in [-0.25, -0.2) is 0 Å². The van der Waals surface area contributed by atoms with Crippen molar-refractivity contribution in [1.29, 1.82) is 0 Å². The molecule has 142 valence electrons. The van der Waals surface area contributed by atoms with Gasteiger partial charge in [-0.05, 0) is 63.4 Å². The summed E-state index contributed by atoms with van der Waals surface area (Å²) in [7, 11) is 0. The van der Waals surface area contributed by atoms with E-state index in [4.69, 9.17) is 15.9 Å². The van der Waals surface area contributed by atoms with Gasteiger partial charge in [-0.15, -0.1) is 16.6 Å². The highest BCUT2D eigenvalue weighted by Crippen LogP contribution is 2.35. The lowest BCUT2D eigenvalue weighted by Gasteiger charge is -2.41. The predicted molar refractivity (Wildman–Crippen MR) is 105 cm³/mol. The second kappa shape index (κ2) is 7.95. The predicted octanol–water partition coefficient (Wildman–Crippen LogP) is 3.13. The van der Waals surface area contributed by atoms with Gasteiger partial charge in [0.2, 0.25) is 0 Å². The van der Waals surface area contributed by atoms with Crippen LogP contribution in [-0.4, -0.2) is 40.3 Å². The number of rotatable bonds is 7. The molecule has 1 aliphatic carbocycles. The molecule has 2 aromatic rings. The van der Waals surface area contributed by atoms with Gasteiger partial charge >= 0.3 is 0 Å². The molecule has 6 heteroatoms. The minimum absolute atomic E-state index is 0.144. The minimum atomic E-state index is -0.578. The first kappa shape index (κ1) is 19.2. The number of aliphatic hydroxyl groups is 1. The fourth-order valence-corrected chi connectivity index (χ4v) is 3.25. The summed E-state index contributed by atoms with van der Waals surface area (Å²) in [4.78, 5) is 0. The van der Waals surface area contributed by atoms with Gasteiger partial charge in [0.25, 0.3) is 0 Å². The molecule has 0 radical (unpaired) electrons. The van der Waals surface area contributed by atoms with Crippen molar-refractivity contribution in [3.8, 4) is 29.4 Å². The molecule has 1 fully saturated rings. The second-order valence-corrected chi connectivity index (χ2v) is 7.12. The van der Waals surface area contributed by atoms with Crippen molar-refractivity contribution >= 4 is 5.82 Å². The van der Waals surface area contributed by atoms with Crippen LogP contribution in [0.2, 0.25) is 0 Å². The SMILES string of the molecule is C#Cc1ccc(-c2nnc(NC3CC(C)(O)C3)cc2C)c(OCOCC)c1. The average Bonchev–Trinajstić information content (AvgIpc) is 2.61. The summed E-state index contributed by atoms with van der Waals surface area (Å²) in [5, 5.41) is 21.9. The summed E-state index contributed by atoms with van der Waals surface area (Å²) in [6, 6.07) is 7.73. The smallest absolute Gasteiger partial charge is 0.189 e. The van der Waals surface area contributed by atoms with Gasteiger partial charge in [-0.2, -0.15) is 0 Å². The van der Waals surface area contributed by atoms with Gasteiger partial charge in [-0.1, -0.05) is 5.92 Å². The van der Waals surface area contributed by atoms with Crippen molar-refractivity contribution in [3.63, 3.8) is 0 Å². The molecule has 0 aliphatic heterocycles. The summed E-state index contributed by atoms with van der Waals surface area (Å²) in [5.74, 6) is 3.93. The van der Waals surface area contributed by atoms with Crippen LogP contribution in [0.1, 0.15) is 37.8 Å². The first-order chi connectivity index (χ1) is 12.9. The highest BCUT2D eigenvalue weighted by atomic mass is 16.7. The number of hydrogen-bond acceptors (Lipinski definition) is 6. The average molecular weight is 367 g/mol. The van der Waals surface area contributed by atoms with Gasteiger partial charge in [0.05, 0.1) is 11.3 Å². The zero-order valence-electron chi connectivity index (χ0n) is 16.0. The van der Waals surface area contributed by atoms with Gasteiger partial charge in [-0.3, -0.25) is 0 Å². The first-order valence-corrected chi connectivity index (χ1v) is 9.06. The molecule has 0 amide bonds. The Morgan fingerprint density at radius 2 is 2.11 bits per heavy atom. The monoisotopic (exact) mass is 367 g/mol. The van der Waals surface area contributed by atoms with E-state index < -0.39 is 5.60 Å². The fraction of sp³-hybridized carbons (Fsp3) is 0.429. The van der Waals surface area contributed by atoms with Crippen LogP contribution >= 0.6 is 0 Å². The van der Waals surface area contributed by atoms with Crippen molar-refractivity contribution < 1.29 is 14.6 Å². The minimum Gasteiger partial charge on any atom is -0.467 e. The molecule has 2 N–H and O–H groups in total. The van der Waals surface area contributed by atoms with Crippen molar-refractivity contribution in [1.82, 2.24) is 10.2 Å². The summed E-state index contributed by atoms with van der Waals surface area (Å²) in [6.07, 6.45) is 6.92. The summed E-state index contributed by atoms with van der Waals surface area (Å²) in [6.45, 7) is 6.44. The summed E-state index contributed by atoms with van der Waals surface area (Å²) >= 11 is 0. The Morgan fingerprint density at radius 3 is 2.74 bits per heavy atom. The molecule has 0 unspecified atom stereocenters. The molecular formula is C21H25N3O3. The quantitative estimate of drug-likeness (QED) is 0.445. The molecule has 1 saturated carbocycles. The number of aryl methyl sites for hydroxylation is 1. The lowest BCUT2D eigenvalue weighted by atomic mass is 9.77. The zero-order chi connectivity index (χ0) is 19.4. The number of hydrogen-bond donors (Lipinski definition) is 2. The number of terminal acetylenes is 1. The van der Waals surface area contributed by atoms with E-state index in [1.54, 1.807) is 6.07 Å². The van der Waals surface area contributed by atoms with Crippen molar-refractivity contribution in [3.05, 3.63) is 35.4 Å². The van der Waals surface area contributed by atoms with Crippen molar-refractivity contribution in [2.75, 3.05) is 18.7 Å². The number of nitrogens with one attached hydrogen (secondary N) is 1. The largest absolute Gasteiger partial charge is 0.467 e. The first-order valence-electron chi connectivity index (χ1n) is 9.06. The van der Waals surface area contributed by atoms with E-state index in [1.807, 2.05) is 39.0 Å². The third kappa shape index (κ3) is 4.57. The van der Waals surface area contributed by atoms with Crippen LogP contribution in [0.3, 0.4) is 0 Å². The molecule has 6 nitrogen and oxygen atoms in total. The molecular weight excluding hydrogens is 342 g/mol. The number of ether oxygens (including phenoxy) is 2. The Hall–Kier alpha value is -2.62. The topological polar surface area (TPSA) is 76.5 Å². The molecule has 1 aliphatic rings. The van der Waals surface area contributed by atoms with Crippen LogP contribution in [-0.2, 0) is 4.74 Å². The third-order valence-corrected chi connectivity index (χ3v) is 4.61. The molecule has 0 bridgehead atoms. The lowest BCUT2D eigenvalue weighted by Crippen LogP contribution is -2.48. The van der Waals surface area contributed by atoms with Gasteiger partial charge in [0, 0.05) is 23.8 Å². The van der Waals surface area contributed by atoms with E-state index in [2.05, 4.69) is 21.4 Å². The highest BCUT2D eigenvalue weighted by Gasteiger charge is 2.38. The summed E-state index contributed by atoms with van der Waals surface area (Å²) < 4.78 is 11.0. The number of aromatic nitrogens is 2. The second-order valence-electron chi connectivity index (χ2n) is 7.12. The molecule has 3 rings (SSSR count). The molecule has 0 atom stereocenters. The van der Waals surface area contributed by atoms with Crippen LogP contribution < -0.4 is 10.1 Å². The number of anilines is 1. The van der Waals surface area contributed by atoms with E-state index in [0.29, 0.717) is 31.0 Å². The van der Waals surface area contributed by atoms with Crippen LogP contribution in [0.25, 0.3) is 11.3 Å². The van der Waals surface area contributed by atoms with E-state index in [1.165, 1.54) is 0 Å². The van der Waals surface area contributed by atoms with E-state index in [0.717, 1.165) is 22.4 Å². The molecule has 1 aromatic heterocycles. The fourth-order valence-electron chi connectivity index (χ4n) is 3.25. The van der Waals surface area contributed by atoms with Crippen LogP contribution in [0.4, 0.5) is 5.82 Å².